The van der Waals surface area contributed by atoms with Crippen molar-refractivity contribution in [1.29, 1.82) is 0 Å². The van der Waals surface area contributed by atoms with E-state index in [1.54, 1.807) is 19.1 Å². The van der Waals surface area contributed by atoms with Gasteiger partial charge in [0.2, 0.25) is 5.91 Å². The molecule has 0 aliphatic carbocycles. The minimum absolute atomic E-state index is 0. The summed E-state index contributed by atoms with van der Waals surface area (Å²) >= 11 is 0. The summed E-state index contributed by atoms with van der Waals surface area (Å²) in [6, 6.07) is 6.24. The topological polar surface area (TPSA) is 46.3 Å². The van der Waals surface area contributed by atoms with Crippen molar-refractivity contribution in [3.63, 3.8) is 0 Å². The maximum Gasteiger partial charge on any atom is 0.239 e. The van der Waals surface area contributed by atoms with Gasteiger partial charge in [-0.25, -0.2) is 4.39 Å². The summed E-state index contributed by atoms with van der Waals surface area (Å²) in [7, 11) is 0. The molecule has 2 N–H and O–H groups in total. The third-order valence-electron chi connectivity index (χ3n) is 3.43. The smallest absolute Gasteiger partial charge is 0.239 e. The Bertz CT molecular complexity index is 422. The lowest BCUT2D eigenvalue weighted by Crippen LogP contribution is -2.45. The van der Waals surface area contributed by atoms with Gasteiger partial charge in [0.05, 0.1) is 6.04 Å². The van der Waals surface area contributed by atoms with Crippen molar-refractivity contribution in [3.8, 4) is 0 Å². The average Bonchev–Trinajstić information content (AvgIpc) is 2.79. The molecule has 1 amide bonds. The summed E-state index contributed by atoms with van der Waals surface area (Å²) < 4.78 is 12.8. The highest BCUT2D eigenvalue weighted by Crippen LogP contribution is 2.22. The quantitative estimate of drug-likeness (QED) is 0.925. The van der Waals surface area contributed by atoms with Crippen LogP contribution in [0.4, 0.5) is 4.39 Å². The number of halogens is 2. The van der Waals surface area contributed by atoms with E-state index >= 15 is 0 Å². The highest BCUT2D eigenvalue weighted by molar-refractivity contribution is 5.85. The zero-order valence-electron chi connectivity index (χ0n) is 11.0. The zero-order chi connectivity index (χ0) is 13.1. The van der Waals surface area contributed by atoms with E-state index in [2.05, 4.69) is 0 Å². The molecule has 0 spiro atoms. The van der Waals surface area contributed by atoms with E-state index in [-0.39, 0.29) is 30.2 Å². The molecule has 2 atom stereocenters. The largest absolute Gasteiger partial charge is 0.338 e. The second kappa shape index (κ2) is 6.87. The Morgan fingerprint density at radius 3 is 2.68 bits per heavy atom. The number of likely N-dealkylation sites (tertiary alicyclic amines) is 1. The van der Waals surface area contributed by atoms with Gasteiger partial charge < -0.3 is 10.6 Å². The van der Waals surface area contributed by atoms with E-state index in [1.165, 1.54) is 12.1 Å². The van der Waals surface area contributed by atoms with Crippen LogP contribution in [0.3, 0.4) is 0 Å². The second-order valence-electron chi connectivity index (χ2n) is 4.95. The van der Waals surface area contributed by atoms with E-state index in [9.17, 15) is 9.18 Å². The SMILES string of the molecule is C[C@@H](N)C(=O)N1CCCC1Cc1ccc(F)cc1.Cl. The fourth-order valence-corrected chi connectivity index (χ4v) is 2.49. The number of carbonyl (C=O) groups is 1. The lowest BCUT2D eigenvalue weighted by molar-refractivity contribution is -0.132. The molecule has 1 aliphatic rings. The molecule has 1 unspecified atom stereocenters. The predicted molar refractivity (Wildman–Crippen MR) is 75.7 cm³/mol. The number of nitrogens with two attached hydrogens (primary N) is 1. The van der Waals surface area contributed by atoms with Crippen LogP contribution in [-0.2, 0) is 11.2 Å². The maximum absolute atomic E-state index is 12.8. The molecular formula is C14H20ClFN2O. The van der Waals surface area contributed by atoms with Crippen LogP contribution < -0.4 is 5.73 Å². The molecule has 0 aromatic heterocycles. The van der Waals surface area contributed by atoms with E-state index in [0.29, 0.717) is 0 Å². The van der Waals surface area contributed by atoms with Crippen LogP contribution in [-0.4, -0.2) is 29.4 Å². The van der Waals surface area contributed by atoms with E-state index in [1.807, 2.05) is 4.90 Å². The second-order valence-corrected chi connectivity index (χ2v) is 4.95. The van der Waals surface area contributed by atoms with E-state index < -0.39 is 6.04 Å². The molecule has 1 fully saturated rings. The molecule has 2 rings (SSSR count). The van der Waals surface area contributed by atoms with Crippen LogP contribution >= 0.6 is 12.4 Å². The highest BCUT2D eigenvalue weighted by Gasteiger charge is 2.30. The van der Waals surface area contributed by atoms with E-state index in [4.69, 9.17) is 5.73 Å². The Hall–Kier alpha value is -1.13. The Morgan fingerprint density at radius 2 is 2.11 bits per heavy atom. The highest BCUT2D eigenvalue weighted by atomic mass is 35.5. The third-order valence-corrected chi connectivity index (χ3v) is 3.43. The van der Waals surface area contributed by atoms with Crippen molar-refractivity contribution in [1.82, 2.24) is 4.90 Å². The number of hydrogen-bond acceptors (Lipinski definition) is 2. The molecule has 3 nitrogen and oxygen atoms in total. The molecule has 1 aromatic carbocycles. The van der Waals surface area contributed by atoms with Gasteiger partial charge in [-0.1, -0.05) is 12.1 Å². The Balaban J connectivity index is 0.00000180. The standard InChI is InChI=1S/C14H19FN2O.ClH/c1-10(16)14(18)17-8-2-3-13(17)9-11-4-6-12(15)7-5-11;/h4-7,10,13H,2-3,8-9,16H2,1H3;1H/t10-,13?;/m1./s1. The Morgan fingerprint density at radius 1 is 1.47 bits per heavy atom. The van der Waals surface area contributed by atoms with Gasteiger partial charge in [0, 0.05) is 12.6 Å². The van der Waals surface area contributed by atoms with Crippen molar-refractivity contribution >= 4 is 18.3 Å². The zero-order valence-corrected chi connectivity index (χ0v) is 11.8. The monoisotopic (exact) mass is 286 g/mol. The lowest BCUT2D eigenvalue weighted by atomic mass is 10.0. The van der Waals surface area contributed by atoms with Gasteiger partial charge in [-0.05, 0) is 43.9 Å². The first kappa shape index (κ1) is 15.9. The normalized spacial score (nSPS) is 19.9. The van der Waals surface area contributed by atoms with Crippen molar-refractivity contribution in [3.05, 3.63) is 35.6 Å². The summed E-state index contributed by atoms with van der Waals surface area (Å²) in [5, 5.41) is 0. The van der Waals surface area contributed by atoms with Gasteiger partial charge in [0.15, 0.2) is 0 Å². The molecule has 1 heterocycles. The molecule has 0 radical (unpaired) electrons. The van der Waals surface area contributed by atoms with Crippen LogP contribution in [0.15, 0.2) is 24.3 Å². The van der Waals surface area contributed by atoms with Crippen molar-refractivity contribution < 1.29 is 9.18 Å². The first-order valence-corrected chi connectivity index (χ1v) is 6.38. The lowest BCUT2D eigenvalue weighted by Gasteiger charge is -2.26. The van der Waals surface area contributed by atoms with Crippen LogP contribution in [0.25, 0.3) is 0 Å². The third kappa shape index (κ3) is 3.91. The minimum Gasteiger partial charge on any atom is -0.338 e. The molecule has 5 heteroatoms. The number of rotatable bonds is 3. The van der Waals surface area contributed by atoms with Gasteiger partial charge >= 0.3 is 0 Å². The molecule has 1 aromatic rings. The molecule has 0 saturated carbocycles. The first-order chi connectivity index (χ1) is 8.58. The fourth-order valence-electron chi connectivity index (χ4n) is 2.49. The van der Waals surface area contributed by atoms with Crippen molar-refractivity contribution in [2.75, 3.05) is 6.54 Å². The summed E-state index contributed by atoms with van der Waals surface area (Å²) in [6.45, 7) is 2.50. The number of amides is 1. The number of benzene rings is 1. The molecular weight excluding hydrogens is 267 g/mol. The van der Waals surface area contributed by atoms with Crippen LogP contribution in [0.2, 0.25) is 0 Å². The van der Waals surface area contributed by atoms with Crippen molar-refractivity contribution in [2.24, 2.45) is 5.73 Å². The van der Waals surface area contributed by atoms with E-state index in [0.717, 1.165) is 31.4 Å². The summed E-state index contributed by atoms with van der Waals surface area (Å²) in [6.07, 6.45) is 2.79. The van der Waals surface area contributed by atoms with Gasteiger partial charge in [0.25, 0.3) is 0 Å². The molecule has 1 aliphatic heterocycles. The van der Waals surface area contributed by atoms with Crippen molar-refractivity contribution in [2.45, 2.75) is 38.3 Å². The van der Waals surface area contributed by atoms with Gasteiger partial charge in [0.1, 0.15) is 5.82 Å². The average molecular weight is 287 g/mol. The van der Waals surface area contributed by atoms with Crippen LogP contribution in [0.1, 0.15) is 25.3 Å². The molecule has 19 heavy (non-hydrogen) atoms. The summed E-state index contributed by atoms with van der Waals surface area (Å²) in [5.41, 5.74) is 6.71. The fraction of sp³-hybridized carbons (Fsp3) is 0.500. The van der Waals surface area contributed by atoms with Crippen LogP contribution in [0.5, 0.6) is 0 Å². The summed E-state index contributed by atoms with van der Waals surface area (Å²) in [4.78, 5) is 13.8. The number of hydrogen-bond donors (Lipinski definition) is 1. The van der Waals surface area contributed by atoms with Crippen LogP contribution in [0, 0.1) is 5.82 Å². The Kier molecular flexibility index (Phi) is 5.76. The number of carbonyl (C=O) groups excluding carboxylic acids is 1. The van der Waals surface area contributed by atoms with Gasteiger partial charge in [-0.3, -0.25) is 4.79 Å². The molecule has 106 valence electrons. The van der Waals surface area contributed by atoms with Gasteiger partial charge in [-0.15, -0.1) is 12.4 Å². The molecule has 1 saturated heterocycles. The van der Waals surface area contributed by atoms with Gasteiger partial charge in [-0.2, -0.15) is 0 Å². The summed E-state index contributed by atoms with van der Waals surface area (Å²) in [5.74, 6) is -0.215. The Labute approximate surface area is 119 Å². The molecule has 0 bridgehead atoms. The minimum atomic E-state index is -0.446. The first-order valence-electron chi connectivity index (χ1n) is 6.38. The predicted octanol–water partition coefficient (Wildman–Crippen LogP) is 2.13. The maximum atomic E-state index is 12.8. The number of nitrogens with zero attached hydrogens (tertiary/aromatic N) is 1.